The second-order valence-corrected chi connectivity index (χ2v) is 5.61. The number of amidine groups is 1. The summed E-state index contributed by atoms with van der Waals surface area (Å²) in [5.74, 6) is 2.09. The standard InChI is InChI=1S/C18H27N3O3/c1-6-10-21(13-9-11-24-12-13)18(20-3)14-7-8-15(22-4)17(23-5)16(14)19-2/h7-8,13H,2,6,9-12H2,1,3-5H3/t13-/m0/s1. The Labute approximate surface area is 144 Å². The molecule has 1 saturated heterocycles. The molecule has 132 valence electrons. The van der Waals surface area contributed by atoms with E-state index >= 15 is 0 Å². The van der Waals surface area contributed by atoms with Gasteiger partial charge in [0.15, 0.2) is 11.5 Å². The number of hydrogen-bond acceptors (Lipinski definition) is 5. The van der Waals surface area contributed by atoms with E-state index in [0.29, 0.717) is 23.2 Å². The third kappa shape index (κ3) is 3.53. The van der Waals surface area contributed by atoms with Gasteiger partial charge < -0.3 is 19.1 Å². The van der Waals surface area contributed by atoms with Gasteiger partial charge in [-0.05, 0) is 31.7 Å². The van der Waals surface area contributed by atoms with Crippen LogP contribution in [-0.4, -0.2) is 64.5 Å². The Hall–Kier alpha value is -2.08. The molecular formula is C18H27N3O3. The molecule has 0 radical (unpaired) electrons. The molecule has 0 spiro atoms. The molecular weight excluding hydrogens is 306 g/mol. The van der Waals surface area contributed by atoms with Gasteiger partial charge in [0, 0.05) is 25.8 Å². The molecule has 0 aliphatic carbocycles. The van der Waals surface area contributed by atoms with Gasteiger partial charge in [0.05, 0.1) is 26.9 Å². The highest BCUT2D eigenvalue weighted by molar-refractivity contribution is 6.04. The number of nitrogens with zero attached hydrogens (tertiary/aromatic N) is 3. The largest absolute Gasteiger partial charge is 0.493 e. The Morgan fingerprint density at radius 1 is 1.38 bits per heavy atom. The molecule has 2 rings (SSSR count). The van der Waals surface area contributed by atoms with E-state index in [-0.39, 0.29) is 0 Å². The van der Waals surface area contributed by atoms with Crippen molar-refractivity contribution in [3.05, 3.63) is 17.7 Å². The predicted octanol–water partition coefficient (Wildman–Crippen LogP) is 2.91. The van der Waals surface area contributed by atoms with E-state index in [1.54, 1.807) is 21.3 Å². The van der Waals surface area contributed by atoms with E-state index in [4.69, 9.17) is 14.2 Å². The van der Waals surface area contributed by atoms with Crippen LogP contribution in [0.25, 0.3) is 0 Å². The molecule has 1 atom stereocenters. The van der Waals surface area contributed by atoms with Crippen LogP contribution in [0.1, 0.15) is 25.3 Å². The number of methoxy groups -OCH3 is 2. The fraction of sp³-hybridized carbons (Fsp3) is 0.556. The minimum absolute atomic E-state index is 0.328. The number of aliphatic imine (C=N–C) groups is 2. The lowest BCUT2D eigenvalue weighted by atomic mass is 10.1. The lowest BCUT2D eigenvalue weighted by molar-refractivity contribution is 0.174. The molecule has 24 heavy (non-hydrogen) atoms. The molecule has 1 aromatic rings. The third-order valence-corrected chi connectivity index (χ3v) is 4.21. The van der Waals surface area contributed by atoms with E-state index in [1.165, 1.54) is 0 Å². The first-order valence-electron chi connectivity index (χ1n) is 8.25. The van der Waals surface area contributed by atoms with Gasteiger partial charge in [-0.3, -0.25) is 9.98 Å². The Morgan fingerprint density at radius 2 is 2.17 bits per heavy atom. The van der Waals surface area contributed by atoms with Gasteiger partial charge in [0.2, 0.25) is 0 Å². The summed E-state index contributed by atoms with van der Waals surface area (Å²) in [6, 6.07) is 4.17. The van der Waals surface area contributed by atoms with Crippen LogP contribution in [0.5, 0.6) is 11.5 Å². The summed E-state index contributed by atoms with van der Waals surface area (Å²) in [6.07, 6.45) is 2.03. The van der Waals surface area contributed by atoms with E-state index in [1.807, 2.05) is 12.1 Å². The predicted molar refractivity (Wildman–Crippen MR) is 97.4 cm³/mol. The summed E-state index contributed by atoms with van der Waals surface area (Å²) in [5, 5.41) is 0. The molecule has 1 heterocycles. The van der Waals surface area contributed by atoms with Gasteiger partial charge in [-0.1, -0.05) is 6.92 Å². The smallest absolute Gasteiger partial charge is 0.187 e. The minimum Gasteiger partial charge on any atom is -0.493 e. The Balaban J connectivity index is 2.51. The van der Waals surface area contributed by atoms with E-state index < -0.39 is 0 Å². The lowest BCUT2D eigenvalue weighted by Crippen LogP contribution is -2.41. The van der Waals surface area contributed by atoms with Crippen molar-refractivity contribution in [1.29, 1.82) is 0 Å². The quantitative estimate of drug-likeness (QED) is 0.569. The van der Waals surface area contributed by atoms with Crippen molar-refractivity contribution < 1.29 is 14.2 Å². The van der Waals surface area contributed by atoms with Gasteiger partial charge in [-0.25, -0.2) is 0 Å². The van der Waals surface area contributed by atoms with Gasteiger partial charge in [0.1, 0.15) is 11.5 Å². The van der Waals surface area contributed by atoms with Crippen LogP contribution in [0.2, 0.25) is 0 Å². The zero-order valence-corrected chi connectivity index (χ0v) is 15.0. The number of ether oxygens (including phenoxy) is 3. The molecule has 1 fully saturated rings. The third-order valence-electron chi connectivity index (χ3n) is 4.21. The second-order valence-electron chi connectivity index (χ2n) is 5.61. The van der Waals surface area contributed by atoms with Gasteiger partial charge in [-0.2, -0.15) is 0 Å². The molecule has 0 N–H and O–H groups in total. The zero-order valence-electron chi connectivity index (χ0n) is 15.0. The van der Waals surface area contributed by atoms with E-state index in [2.05, 4.69) is 28.5 Å². The van der Waals surface area contributed by atoms with Crippen molar-refractivity contribution in [1.82, 2.24) is 4.90 Å². The summed E-state index contributed by atoms with van der Waals surface area (Å²) in [6.45, 7) is 8.30. The molecule has 6 nitrogen and oxygen atoms in total. The molecule has 1 aromatic carbocycles. The maximum Gasteiger partial charge on any atom is 0.187 e. The van der Waals surface area contributed by atoms with E-state index in [9.17, 15) is 0 Å². The summed E-state index contributed by atoms with van der Waals surface area (Å²) in [5.41, 5.74) is 1.54. The molecule has 6 heteroatoms. The average molecular weight is 333 g/mol. The zero-order chi connectivity index (χ0) is 17.5. The summed E-state index contributed by atoms with van der Waals surface area (Å²) in [4.78, 5) is 11.1. The Kier molecular flexibility index (Phi) is 6.61. The summed E-state index contributed by atoms with van der Waals surface area (Å²) >= 11 is 0. The van der Waals surface area contributed by atoms with Crippen molar-refractivity contribution in [2.75, 3.05) is 41.0 Å². The number of hydrogen-bond donors (Lipinski definition) is 0. The second kappa shape index (κ2) is 8.68. The average Bonchev–Trinajstić information content (AvgIpc) is 3.15. The minimum atomic E-state index is 0.328. The van der Waals surface area contributed by atoms with E-state index in [0.717, 1.165) is 44.0 Å². The monoisotopic (exact) mass is 333 g/mol. The van der Waals surface area contributed by atoms with Gasteiger partial charge in [-0.15, -0.1) is 0 Å². The molecule has 0 saturated carbocycles. The molecule has 1 aliphatic rings. The maximum absolute atomic E-state index is 5.58. The SMILES string of the molecule is C=Nc1c(C(=NC)N(CCC)[C@H]2CCOC2)ccc(OC)c1OC. The van der Waals surface area contributed by atoms with Crippen LogP contribution in [0.4, 0.5) is 5.69 Å². The maximum atomic E-state index is 5.58. The molecule has 0 bridgehead atoms. The molecule has 0 unspecified atom stereocenters. The van der Waals surface area contributed by atoms with Crippen molar-refractivity contribution >= 4 is 18.2 Å². The van der Waals surface area contributed by atoms with Crippen LogP contribution >= 0.6 is 0 Å². The molecule has 1 aliphatic heterocycles. The fourth-order valence-corrected chi connectivity index (χ4v) is 3.12. The Morgan fingerprint density at radius 3 is 2.67 bits per heavy atom. The van der Waals surface area contributed by atoms with Crippen LogP contribution in [-0.2, 0) is 4.74 Å². The first kappa shape index (κ1) is 18.3. The van der Waals surface area contributed by atoms with Gasteiger partial charge in [0.25, 0.3) is 0 Å². The number of rotatable bonds is 7. The van der Waals surface area contributed by atoms with Gasteiger partial charge >= 0.3 is 0 Å². The van der Waals surface area contributed by atoms with Crippen molar-refractivity contribution in [2.24, 2.45) is 9.98 Å². The Bertz CT molecular complexity index is 595. The molecule has 0 aromatic heterocycles. The highest BCUT2D eigenvalue weighted by Gasteiger charge is 2.28. The lowest BCUT2D eigenvalue weighted by Gasteiger charge is -2.31. The highest BCUT2D eigenvalue weighted by atomic mass is 16.5. The van der Waals surface area contributed by atoms with Crippen LogP contribution in [0.15, 0.2) is 22.1 Å². The first-order valence-corrected chi connectivity index (χ1v) is 8.25. The first-order chi connectivity index (χ1) is 11.7. The summed E-state index contributed by atoms with van der Waals surface area (Å²) in [7, 11) is 5.02. The molecule has 0 amide bonds. The van der Waals surface area contributed by atoms with Crippen LogP contribution in [0.3, 0.4) is 0 Å². The fourth-order valence-electron chi connectivity index (χ4n) is 3.12. The topological polar surface area (TPSA) is 55.7 Å². The number of benzene rings is 1. The van der Waals surface area contributed by atoms with Crippen LogP contribution < -0.4 is 9.47 Å². The van der Waals surface area contributed by atoms with Crippen molar-refractivity contribution in [3.63, 3.8) is 0 Å². The normalized spacial score (nSPS) is 17.7. The highest BCUT2D eigenvalue weighted by Crippen LogP contribution is 2.40. The van der Waals surface area contributed by atoms with Crippen molar-refractivity contribution in [2.45, 2.75) is 25.8 Å². The van der Waals surface area contributed by atoms with Crippen molar-refractivity contribution in [3.8, 4) is 11.5 Å². The summed E-state index contributed by atoms with van der Waals surface area (Å²) < 4.78 is 16.4. The van der Waals surface area contributed by atoms with Crippen LogP contribution in [0, 0.1) is 0 Å².